The summed E-state index contributed by atoms with van der Waals surface area (Å²) in [5, 5.41) is 23.0. The van der Waals surface area contributed by atoms with E-state index in [4.69, 9.17) is 10.4 Å². The highest BCUT2D eigenvalue weighted by atomic mass is 127. The van der Waals surface area contributed by atoms with Crippen LogP contribution in [0.2, 0.25) is 0 Å². The van der Waals surface area contributed by atoms with E-state index in [-0.39, 0.29) is 18.5 Å². The minimum absolute atomic E-state index is 0.0218. The lowest BCUT2D eigenvalue weighted by Crippen LogP contribution is -2.26. The summed E-state index contributed by atoms with van der Waals surface area (Å²) in [7, 11) is 0. The number of halogens is 1. The van der Waals surface area contributed by atoms with Crippen molar-refractivity contribution in [2.24, 2.45) is 0 Å². The molecule has 0 saturated heterocycles. The molecule has 0 spiro atoms. The second-order valence-corrected chi connectivity index (χ2v) is 5.77. The second-order valence-electron chi connectivity index (χ2n) is 4.53. The highest BCUT2D eigenvalue weighted by Gasteiger charge is 2.08. The summed E-state index contributed by atoms with van der Waals surface area (Å²) in [5.41, 5.74) is 1.75. The number of nitriles is 1. The van der Waals surface area contributed by atoms with Crippen LogP contribution < -0.4 is 10.6 Å². The predicted molar refractivity (Wildman–Crippen MR) is 91.1 cm³/mol. The van der Waals surface area contributed by atoms with Crippen LogP contribution >= 0.6 is 22.6 Å². The van der Waals surface area contributed by atoms with Gasteiger partial charge in [0, 0.05) is 28.4 Å². The summed E-state index contributed by atoms with van der Waals surface area (Å²) < 4.78 is 1.10. The zero-order chi connectivity index (χ0) is 16.5. The van der Waals surface area contributed by atoms with Crippen molar-refractivity contribution in [3.8, 4) is 6.07 Å². The fourth-order valence-electron chi connectivity index (χ4n) is 1.62. The number of carboxylic acid groups (broad SMARTS) is 1. The Morgan fingerprint density at radius 3 is 2.77 bits per heavy atom. The van der Waals surface area contributed by atoms with Crippen LogP contribution in [0.5, 0.6) is 0 Å². The molecule has 1 amide bonds. The standard InChI is InChI=1S/C15H16IN3O3/c1-10-7-12(16)4-5-13(10)19-9-11(8-17)15(22)18-6-2-3-14(20)21/h4-5,7,9,19H,2-3,6H2,1H3,(H,18,22)(H,20,21)/b11-9-. The van der Waals surface area contributed by atoms with E-state index in [0.29, 0.717) is 6.42 Å². The summed E-state index contributed by atoms with van der Waals surface area (Å²) in [4.78, 5) is 22.2. The molecule has 0 bridgehead atoms. The van der Waals surface area contributed by atoms with E-state index in [0.717, 1.165) is 14.8 Å². The van der Waals surface area contributed by atoms with Crippen LogP contribution in [-0.4, -0.2) is 23.5 Å². The van der Waals surface area contributed by atoms with Crippen molar-refractivity contribution in [3.05, 3.63) is 39.1 Å². The maximum Gasteiger partial charge on any atom is 0.303 e. The number of nitrogens with one attached hydrogen (secondary N) is 2. The molecule has 0 heterocycles. The van der Waals surface area contributed by atoms with Crippen LogP contribution in [0, 0.1) is 21.8 Å². The van der Waals surface area contributed by atoms with Crippen molar-refractivity contribution in [2.75, 3.05) is 11.9 Å². The highest BCUT2D eigenvalue weighted by molar-refractivity contribution is 14.1. The van der Waals surface area contributed by atoms with Gasteiger partial charge in [0.25, 0.3) is 5.91 Å². The van der Waals surface area contributed by atoms with E-state index in [1.807, 2.05) is 31.2 Å². The van der Waals surface area contributed by atoms with Gasteiger partial charge in [-0.15, -0.1) is 0 Å². The number of amides is 1. The highest BCUT2D eigenvalue weighted by Crippen LogP contribution is 2.17. The molecule has 3 N–H and O–H groups in total. The Kier molecular flexibility index (Phi) is 7.39. The summed E-state index contributed by atoms with van der Waals surface area (Å²) in [6.45, 7) is 2.14. The lowest BCUT2D eigenvalue weighted by Gasteiger charge is -2.07. The summed E-state index contributed by atoms with van der Waals surface area (Å²) >= 11 is 2.20. The molecule has 0 saturated carbocycles. The maximum atomic E-state index is 11.8. The van der Waals surface area contributed by atoms with Gasteiger partial charge in [0.2, 0.25) is 0 Å². The zero-order valence-corrected chi connectivity index (χ0v) is 14.2. The first-order chi connectivity index (χ1) is 10.4. The molecule has 7 heteroatoms. The molecule has 0 aliphatic carbocycles. The Labute approximate surface area is 142 Å². The lowest BCUT2D eigenvalue weighted by atomic mass is 10.2. The molecule has 1 aromatic rings. The molecule has 0 atom stereocenters. The van der Waals surface area contributed by atoms with Crippen LogP contribution in [0.25, 0.3) is 0 Å². The van der Waals surface area contributed by atoms with Crippen LogP contribution in [0.1, 0.15) is 18.4 Å². The Bertz CT molecular complexity index is 635. The molecule has 0 aromatic heterocycles. The number of benzene rings is 1. The number of nitrogens with zero attached hydrogens (tertiary/aromatic N) is 1. The van der Waals surface area contributed by atoms with E-state index in [9.17, 15) is 9.59 Å². The largest absolute Gasteiger partial charge is 0.481 e. The number of aryl methyl sites for hydroxylation is 1. The number of hydrogen-bond donors (Lipinski definition) is 3. The third-order valence-electron chi connectivity index (χ3n) is 2.78. The van der Waals surface area contributed by atoms with Crippen molar-refractivity contribution in [1.82, 2.24) is 5.32 Å². The molecular formula is C15H16IN3O3. The number of aliphatic carboxylic acids is 1. The Morgan fingerprint density at radius 1 is 1.45 bits per heavy atom. The topological polar surface area (TPSA) is 102 Å². The fraction of sp³-hybridized carbons (Fsp3) is 0.267. The number of hydrogen-bond acceptors (Lipinski definition) is 4. The first-order valence-corrected chi connectivity index (χ1v) is 7.65. The second kappa shape index (κ2) is 9.04. The molecule has 116 valence electrons. The molecule has 0 aliphatic rings. The smallest absolute Gasteiger partial charge is 0.303 e. The van der Waals surface area contributed by atoms with E-state index >= 15 is 0 Å². The average molecular weight is 413 g/mol. The van der Waals surface area contributed by atoms with Gasteiger partial charge in [0.1, 0.15) is 11.6 Å². The predicted octanol–water partition coefficient (Wildman–Crippen LogP) is 2.40. The monoisotopic (exact) mass is 413 g/mol. The quantitative estimate of drug-likeness (QED) is 0.276. The Balaban J connectivity index is 2.60. The number of carbonyl (C=O) groups is 2. The van der Waals surface area contributed by atoms with Crippen molar-refractivity contribution >= 4 is 40.2 Å². The van der Waals surface area contributed by atoms with Gasteiger partial charge in [-0.3, -0.25) is 9.59 Å². The molecule has 1 rings (SSSR count). The molecule has 0 radical (unpaired) electrons. The van der Waals surface area contributed by atoms with Crippen molar-refractivity contribution in [3.63, 3.8) is 0 Å². The van der Waals surface area contributed by atoms with Gasteiger partial charge >= 0.3 is 5.97 Å². The summed E-state index contributed by atoms with van der Waals surface area (Å²) in [6, 6.07) is 7.59. The van der Waals surface area contributed by atoms with Gasteiger partial charge in [-0.05, 0) is 59.7 Å². The van der Waals surface area contributed by atoms with Crippen molar-refractivity contribution < 1.29 is 14.7 Å². The third-order valence-corrected chi connectivity index (χ3v) is 3.45. The van der Waals surface area contributed by atoms with Crippen LogP contribution in [0.3, 0.4) is 0 Å². The molecular weight excluding hydrogens is 397 g/mol. The van der Waals surface area contributed by atoms with Gasteiger partial charge < -0.3 is 15.7 Å². The number of anilines is 1. The first-order valence-electron chi connectivity index (χ1n) is 6.57. The Morgan fingerprint density at radius 2 is 2.18 bits per heavy atom. The van der Waals surface area contributed by atoms with Crippen LogP contribution in [0.4, 0.5) is 5.69 Å². The van der Waals surface area contributed by atoms with Gasteiger partial charge in [0.05, 0.1) is 0 Å². The van der Waals surface area contributed by atoms with Crippen molar-refractivity contribution in [2.45, 2.75) is 19.8 Å². The van der Waals surface area contributed by atoms with Crippen LogP contribution in [-0.2, 0) is 9.59 Å². The average Bonchev–Trinajstić information content (AvgIpc) is 2.46. The fourth-order valence-corrected chi connectivity index (χ4v) is 2.27. The van der Waals surface area contributed by atoms with Gasteiger partial charge in [0.15, 0.2) is 0 Å². The maximum absolute atomic E-state index is 11.8. The zero-order valence-electron chi connectivity index (χ0n) is 12.0. The van der Waals surface area contributed by atoms with Crippen LogP contribution in [0.15, 0.2) is 30.0 Å². The Hall–Kier alpha value is -2.08. The molecule has 6 nitrogen and oxygen atoms in total. The van der Waals surface area contributed by atoms with E-state index < -0.39 is 11.9 Å². The minimum Gasteiger partial charge on any atom is -0.481 e. The normalized spacial score (nSPS) is 10.7. The number of carbonyl (C=O) groups excluding carboxylic acids is 1. The molecule has 0 unspecified atom stereocenters. The van der Waals surface area contributed by atoms with E-state index in [2.05, 4.69) is 33.2 Å². The third kappa shape index (κ3) is 6.13. The minimum atomic E-state index is -0.916. The number of rotatable bonds is 7. The molecule has 1 aromatic carbocycles. The summed E-state index contributed by atoms with van der Waals surface area (Å²) in [5.74, 6) is -1.44. The molecule has 0 fully saturated rings. The SMILES string of the molecule is Cc1cc(I)ccc1N/C=C(/C#N)C(=O)NCCCC(=O)O. The molecule has 0 aliphatic heterocycles. The van der Waals surface area contributed by atoms with Crippen molar-refractivity contribution in [1.29, 1.82) is 5.26 Å². The van der Waals surface area contributed by atoms with Gasteiger partial charge in [-0.25, -0.2) is 0 Å². The first kappa shape index (κ1) is 18.0. The van der Waals surface area contributed by atoms with Gasteiger partial charge in [-0.2, -0.15) is 5.26 Å². The van der Waals surface area contributed by atoms with Gasteiger partial charge in [-0.1, -0.05) is 0 Å². The van der Waals surface area contributed by atoms with E-state index in [1.54, 1.807) is 0 Å². The molecule has 22 heavy (non-hydrogen) atoms. The van der Waals surface area contributed by atoms with E-state index in [1.165, 1.54) is 6.20 Å². The summed E-state index contributed by atoms with van der Waals surface area (Å²) in [6.07, 6.45) is 1.65. The lowest BCUT2D eigenvalue weighted by molar-refractivity contribution is -0.137. The number of carboxylic acids is 1.